The minimum absolute atomic E-state index is 0.529. The van der Waals surface area contributed by atoms with Crippen LogP contribution >= 0.6 is 23.8 Å². The summed E-state index contributed by atoms with van der Waals surface area (Å²) in [5.41, 5.74) is 1.84. The fraction of sp³-hybridized carbons (Fsp3) is 0.300. The molecular weight excluding hydrogens is 396 g/mol. The van der Waals surface area contributed by atoms with Gasteiger partial charge in [-0.1, -0.05) is 41.9 Å². The first-order chi connectivity index (χ1) is 13.7. The van der Waals surface area contributed by atoms with Gasteiger partial charge in [0.15, 0.2) is 5.82 Å². The van der Waals surface area contributed by atoms with Crippen molar-refractivity contribution in [2.75, 3.05) is 33.4 Å². The molecule has 4 rings (SSSR count). The van der Waals surface area contributed by atoms with E-state index in [0.717, 1.165) is 43.4 Å². The molecule has 2 heterocycles. The highest BCUT2D eigenvalue weighted by Crippen LogP contribution is 2.29. The van der Waals surface area contributed by atoms with Crippen LogP contribution in [0.5, 0.6) is 5.75 Å². The van der Waals surface area contributed by atoms with E-state index in [1.54, 1.807) is 7.11 Å². The molecule has 1 saturated heterocycles. The van der Waals surface area contributed by atoms with Crippen molar-refractivity contribution in [2.45, 2.75) is 6.67 Å². The van der Waals surface area contributed by atoms with Crippen molar-refractivity contribution >= 4 is 23.8 Å². The topological polar surface area (TPSA) is 44.5 Å². The van der Waals surface area contributed by atoms with E-state index in [0.29, 0.717) is 22.2 Å². The van der Waals surface area contributed by atoms with E-state index in [9.17, 15) is 0 Å². The van der Waals surface area contributed by atoms with Crippen molar-refractivity contribution in [2.24, 2.45) is 0 Å². The summed E-state index contributed by atoms with van der Waals surface area (Å²) in [6.45, 7) is 3.81. The van der Waals surface area contributed by atoms with Crippen LogP contribution in [0.3, 0.4) is 0 Å². The Kier molecular flexibility index (Phi) is 5.77. The average molecular weight is 417 g/mol. The molecule has 0 atom stereocenters. The van der Waals surface area contributed by atoms with Gasteiger partial charge in [0, 0.05) is 18.7 Å². The van der Waals surface area contributed by atoms with E-state index in [4.69, 9.17) is 38.4 Å². The first-order valence-electron chi connectivity index (χ1n) is 9.06. The van der Waals surface area contributed by atoms with Crippen LogP contribution in [0.25, 0.3) is 17.1 Å². The first kappa shape index (κ1) is 19.1. The number of hydrogen-bond donors (Lipinski definition) is 0. The summed E-state index contributed by atoms with van der Waals surface area (Å²) in [6, 6.07) is 15.6. The molecule has 0 N–H and O–H groups in total. The summed E-state index contributed by atoms with van der Waals surface area (Å²) >= 11 is 12.2. The van der Waals surface area contributed by atoms with E-state index < -0.39 is 0 Å². The third-order valence-corrected chi connectivity index (χ3v) is 5.39. The standard InChI is InChI=1S/C20H21ClN4O2S/c1-26-18-8-7-16(13-17(18)21)25-19(15-5-3-2-4-6-15)22-24(20(25)28)14-23-9-11-27-12-10-23/h2-8,13H,9-12,14H2,1H3. The molecule has 0 saturated carbocycles. The van der Waals surface area contributed by atoms with Gasteiger partial charge in [-0.2, -0.15) is 0 Å². The van der Waals surface area contributed by atoms with Gasteiger partial charge >= 0.3 is 0 Å². The Labute approximate surface area is 173 Å². The number of hydrogen-bond acceptors (Lipinski definition) is 5. The van der Waals surface area contributed by atoms with Gasteiger partial charge in [0.05, 0.1) is 37.7 Å². The predicted octanol–water partition coefficient (Wildman–Crippen LogP) is 4.02. The second-order valence-corrected chi connectivity index (χ2v) is 7.27. The first-order valence-corrected chi connectivity index (χ1v) is 9.85. The monoisotopic (exact) mass is 416 g/mol. The van der Waals surface area contributed by atoms with Crippen molar-refractivity contribution in [3.8, 4) is 22.8 Å². The maximum Gasteiger partial charge on any atom is 0.204 e. The third kappa shape index (κ3) is 3.84. The summed E-state index contributed by atoms with van der Waals surface area (Å²) in [6.07, 6.45) is 0. The summed E-state index contributed by atoms with van der Waals surface area (Å²) < 4.78 is 15.2. The number of methoxy groups -OCH3 is 1. The zero-order chi connectivity index (χ0) is 19.5. The van der Waals surface area contributed by atoms with Crippen LogP contribution < -0.4 is 4.74 Å². The number of benzene rings is 2. The van der Waals surface area contributed by atoms with E-state index in [1.807, 2.05) is 57.8 Å². The maximum absolute atomic E-state index is 6.37. The smallest absolute Gasteiger partial charge is 0.204 e. The molecule has 0 radical (unpaired) electrons. The van der Waals surface area contributed by atoms with Crippen molar-refractivity contribution in [3.05, 3.63) is 58.3 Å². The number of morpholine rings is 1. The summed E-state index contributed by atoms with van der Waals surface area (Å²) in [7, 11) is 1.60. The number of ether oxygens (including phenoxy) is 2. The Morgan fingerprint density at radius 3 is 2.57 bits per heavy atom. The molecule has 8 heteroatoms. The van der Waals surface area contributed by atoms with Crippen LogP contribution in [0.15, 0.2) is 48.5 Å². The van der Waals surface area contributed by atoms with Crippen LogP contribution in [0, 0.1) is 4.77 Å². The second-order valence-electron chi connectivity index (χ2n) is 6.50. The quantitative estimate of drug-likeness (QED) is 0.588. The molecule has 1 aliphatic heterocycles. The zero-order valence-electron chi connectivity index (χ0n) is 15.5. The third-order valence-electron chi connectivity index (χ3n) is 4.70. The minimum atomic E-state index is 0.529. The lowest BCUT2D eigenvalue weighted by Gasteiger charge is -2.26. The molecule has 0 bridgehead atoms. The molecule has 0 spiro atoms. The Morgan fingerprint density at radius 1 is 1.14 bits per heavy atom. The van der Waals surface area contributed by atoms with Gasteiger partial charge in [0.2, 0.25) is 4.77 Å². The van der Waals surface area contributed by atoms with Crippen molar-refractivity contribution in [1.29, 1.82) is 0 Å². The Balaban J connectivity index is 1.81. The number of rotatable bonds is 5. The fourth-order valence-corrected chi connectivity index (χ4v) is 3.78. The van der Waals surface area contributed by atoms with Crippen molar-refractivity contribution in [3.63, 3.8) is 0 Å². The highest BCUT2D eigenvalue weighted by Gasteiger charge is 2.18. The van der Waals surface area contributed by atoms with E-state index >= 15 is 0 Å². The maximum atomic E-state index is 6.37. The highest BCUT2D eigenvalue weighted by molar-refractivity contribution is 7.71. The molecule has 1 fully saturated rings. The SMILES string of the molecule is COc1ccc(-n2c(-c3ccccc3)nn(CN3CCOCC3)c2=S)cc1Cl. The van der Waals surface area contributed by atoms with Gasteiger partial charge in [0.25, 0.3) is 0 Å². The minimum Gasteiger partial charge on any atom is -0.495 e. The van der Waals surface area contributed by atoms with Crippen molar-refractivity contribution in [1.82, 2.24) is 19.2 Å². The summed E-state index contributed by atoms with van der Waals surface area (Å²) in [5, 5.41) is 5.37. The van der Waals surface area contributed by atoms with Gasteiger partial charge in [-0.05, 0) is 30.4 Å². The Hall–Kier alpha value is -2.19. The van der Waals surface area contributed by atoms with Crippen LogP contribution in [0.2, 0.25) is 5.02 Å². The Morgan fingerprint density at radius 2 is 1.89 bits per heavy atom. The average Bonchev–Trinajstić information content (AvgIpc) is 3.05. The molecule has 0 amide bonds. The molecule has 1 aliphatic rings. The second kappa shape index (κ2) is 8.45. The lowest BCUT2D eigenvalue weighted by Crippen LogP contribution is -2.37. The molecular formula is C20H21ClN4O2S. The zero-order valence-corrected chi connectivity index (χ0v) is 17.1. The molecule has 1 aromatic heterocycles. The van der Waals surface area contributed by atoms with Crippen molar-refractivity contribution < 1.29 is 9.47 Å². The Bertz CT molecular complexity index is 1010. The number of nitrogens with zero attached hydrogens (tertiary/aromatic N) is 4. The van der Waals surface area contributed by atoms with Crippen LogP contribution in [0.4, 0.5) is 0 Å². The predicted molar refractivity (Wildman–Crippen MR) is 112 cm³/mol. The molecule has 28 heavy (non-hydrogen) atoms. The van der Waals surface area contributed by atoms with Crippen LogP contribution in [-0.4, -0.2) is 52.7 Å². The van der Waals surface area contributed by atoms with E-state index in [-0.39, 0.29) is 0 Å². The number of aromatic nitrogens is 3. The summed E-state index contributed by atoms with van der Waals surface area (Å²) in [5.74, 6) is 1.40. The van der Waals surface area contributed by atoms with Gasteiger partial charge in [-0.15, -0.1) is 5.10 Å². The van der Waals surface area contributed by atoms with E-state index in [2.05, 4.69) is 4.90 Å². The van der Waals surface area contributed by atoms with Gasteiger partial charge in [0.1, 0.15) is 5.75 Å². The molecule has 146 valence electrons. The normalized spacial score (nSPS) is 14.9. The van der Waals surface area contributed by atoms with Crippen LogP contribution in [-0.2, 0) is 11.4 Å². The lowest BCUT2D eigenvalue weighted by molar-refractivity contribution is 0.0210. The molecule has 3 aromatic rings. The summed E-state index contributed by atoms with van der Waals surface area (Å²) in [4.78, 5) is 2.28. The largest absolute Gasteiger partial charge is 0.495 e. The molecule has 2 aromatic carbocycles. The van der Waals surface area contributed by atoms with Crippen LogP contribution in [0.1, 0.15) is 0 Å². The van der Waals surface area contributed by atoms with E-state index in [1.165, 1.54) is 0 Å². The molecule has 0 aliphatic carbocycles. The molecule has 0 unspecified atom stereocenters. The number of halogens is 1. The van der Waals surface area contributed by atoms with Gasteiger partial charge < -0.3 is 9.47 Å². The molecule has 6 nitrogen and oxygen atoms in total. The highest BCUT2D eigenvalue weighted by atomic mass is 35.5. The fourth-order valence-electron chi connectivity index (χ4n) is 3.23. The lowest BCUT2D eigenvalue weighted by atomic mass is 10.2. The van der Waals surface area contributed by atoms with Gasteiger partial charge in [-0.3, -0.25) is 9.47 Å². The van der Waals surface area contributed by atoms with Gasteiger partial charge in [-0.25, -0.2) is 4.68 Å².